The standard InChI is InChI=1S/C14H14ClFO2/c1-8-5-11(9(2)18-8)14(17)7-10-3-4-12(15)13(16)6-10/h3-6,14,17H,7H2,1-2H3. The number of benzene rings is 1. The Morgan fingerprint density at radius 2 is 2.06 bits per heavy atom. The second-order valence-corrected chi connectivity index (χ2v) is 4.74. The molecule has 0 spiro atoms. The van der Waals surface area contributed by atoms with Gasteiger partial charge in [-0.3, -0.25) is 0 Å². The monoisotopic (exact) mass is 268 g/mol. The Kier molecular flexibility index (Phi) is 3.73. The molecule has 0 aliphatic heterocycles. The van der Waals surface area contributed by atoms with Crippen molar-refractivity contribution in [2.45, 2.75) is 26.4 Å². The van der Waals surface area contributed by atoms with Gasteiger partial charge in [0.15, 0.2) is 0 Å². The molecule has 0 saturated heterocycles. The summed E-state index contributed by atoms with van der Waals surface area (Å²) in [6, 6.07) is 6.34. The lowest BCUT2D eigenvalue weighted by Gasteiger charge is -2.10. The number of aryl methyl sites for hydroxylation is 2. The summed E-state index contributed by atoms with van der Waals surface area (Å²) in [5, 5.41) is 10.2. The molecule has 2 aromatic rings. The Bertz CT molecular complexity index is 563. The van der Waals surface area contributed by atoms with Gasteiger partial charge in [-0.25, -0.2) is 4.39 Å². The third-order valence-corrected chi connectivity index (χ3v) is 3.16. The molecule has 96 valence electrons. The van der Waals surface area contributed by atoms with E-state index in [1.807, 2.05) is 6.92 Å². The molecule has 2 rings (SSSR count). The average molecular weight is 269 g/mol. The first-order valence-corrected chi connectivity index (χ1v) is 6.04. The normalized spacial score (nSPS) is 12.7. The highest BCUT2D eigenvalue weighted by Gasteiger charge is 2.15. The smallest absolute Gasteiger partial charge is 0.142 e. The molecule has 0 amide bonds. The van der Waals surface area contributed by atoms with E-state index in [-0.39, 0.29) is 5.02 Å². The van der Waals surface area contributed by atoms with Crippen LogP contribution < -0.4 is 0 Å². The van der Waals surface area contributed by atoms with E-state index in [2.05, 4.69) is 0 Å². The SMILES string of the molecule is Cc1cc(C(O)Cc2ccc(Cl)c(F)c2)c(C)o1. The quantitative estimate of drug-likeness (QED) is 0.914. The van der Waals surface area contributed by atoms with Crippen LogP contribution in [0.5, 0.6) is 0 Å². The van der Waals surface area contributed by atoms with Gasteiger partial charge in [-0.05, 0) is 37.6 Å². The summed E-state index contributed by atoms with van der Waals surface area (Å²) in [5.41, 5.74) is 1.44. The van der Waals surface area contributed by atoms with Crippen molar-refractivity contribution in [1.29, 1.82) is 0 Å². The molecule has 4 heteroatoms. The van der Waals surface area contributed by atoms with Gasteiger partial charge in [0.2, 0.25) is 0 Å². The van der Waals surface area contributed by atoms with Crippen LogP contribution in [0, 0.1) is 19.7 Å². The van der Waals surface area contributed by atoms with Crippen molar-refractivity contribution in [2.24, 2.45) is 0 Å². The molecule has 0 bridgehead atoms. The molecule has 0 aliphatic rings. The van der Waals surface area contributed by atoms with Crippen molar-refractivity contribution >= 4 is 11.6 Å². The van der Waals surface area contributed by atoms with E-state index in [9.17, 15) is 9.50 Å². The van der Waals surface area contributed by atoms with Gasteiger partial charge in [0.25, 0.3) is 0 Å². The molecule has 1 aromatic heterocycles. The summed E-state index contributed by atoms with van der Waals surface area (Å²) in [6.45, 7) is 3.62. The highest BCUT2D eigenvalue weighted by atomic mass is 35.5. The van der Waals surface area contributed by atoms with Gasteiger partial charge in [-0.2, -0.15) is 0 Å². The van der Waals surface area contributed by atoms with Crippen LogP contribution in [0.4, 0.5) is 4.39 Å². The molecule has 2 nitrogen and oxygen atoms in total. The molecule has 0 saturated carbocycles. The summed E-state index contributed by atoms with van der Waals surface area (Å²) in [7, 11) is 0. The Hall–Kier alpha value is -1.32. The van der Waals surface area contributed by atoms with Gasteiger partial charge in [0.05, 0.1) is 11.1 Å². The number of hydrogen-bond acceptors (Lipinski definition) is 2. The molecule has 0 fully saturated rings. The van der Waals surface area contributed by atoms with E-state index in [1.165, 1.54) is 12.1 Å². The third-order valence-electron chi connectivity index (χ3n) is 2.85. The van der Waals surface area contributed by atoms with Crippen LogP contribution >= 0.6 is 11.6 Å². The van der Waals surface area contributed by atoms with Crippen molar-refractivity contribution in [3.63, 3.8) is 0 Å². The van der Waals surface area contributed by atoms with Crippen LogP contribution in [0.25, 0.3) is 0 Å². The molecular weight excluding hydrogens is 255 g/mol. The predicted molar refractivity (Wildman–Crippen MR) is 68.3 cm³/mol. The second kappa shape index (κ2) is 5.12. The van der Waals surface area contributed by atoms with Crippen LogP contribution in [0.1, 0.15) is 28.8 Å². The maximum absolute atomic E-state index is 13.3. The van der Waals surface area contributed by atoms with Gasteiger partial charge < -0.3 is 9.52 Å². The largest absolute Gasteiger partial charge is 0.466 e. The first kappa shape index (κ1) is 13.1. The Morgan fingerprint density at radius 3 is 2.61 bits per heavy atom. The van der Waals surface area contributed by atoms with E-state index >= 15 is 0 Å². The minimum atomic E-state index is -0.706. The minimum absolute atomic E-state index is 0.0866. The van der Waals surface area contributed by atoms with Crippen molar-refractivity contribution in [1.82, 2.24) is 0 Å². The minimum Gasteiger partial charge on any atom is -0.466 e. The highest BCUT2D eigenvalue weighted by molar-refractivity contribution is 6.30. The van der Waals surface area contributed by atoms with Crippen molar-refractivity contribution in [3.8, 4) is 0 Å². The molecule has 0 aliphatic carbocycles. The molecular formula is C14H14ClFO2. The van der Waals surface area contributed by atoms with E-state index in [0.717, 1.165) is 11.3 Å². The highest BCUT2D eigenvalue weighted by Crippen LogP contribution is 2.25. The maximum Gasteiger partial charge on any atom is 0.142 e. The zero-order valence-electron chi connectivity index (χ0n) is 10.2. The fourth-order valence-electron chi connectivity index (χ4n) is 1.98. The van der Waals surface area contributed by atoms with Crippen LogP contribution in [0.3, 0.4) is 0 Å². The lowest BCUT2D eigenvalue weighted by Crippen LogP contribution is -2.02. The van der Waals surface area contributed by atoms with Crippen LogP contribution in [-0.4, -0.2) is 5.11 Å². The van der Waals surface area contributed by atoms with Crippen molar-refractivity contribution < 1.29 is 13.9 Å². The predicted octanol–water partition coefficient (Wildman–Crippen LogP) is 3.97. The summed E-state index contributed by atoms with van der Waals surface area (Å²) < 4.78 is 18.6. The fourth-order valence-corrected chi connectivity index (χ4v) is 2.10. The number of aliphatic hydroxyl groups is 1. The zero-order valence-corrected chi connectivity index (χ0v) is 11.0. The summed E-state index contributed by atoms with van der Waals surface area (Å²) in [5.74, 6) is 0.972. The summed E-state index contributed by atoms with van der Waals surface area (Å²) in [4.78, 5) is 0. The summed E-state index contributed by atoms with van der Waals surface area (Å²) >= 11 is 5.61. The van der Waals surface area contributed by atoms with E-state index < -0.39 is 11.9 Å². The number of hydrogen-bond donors (Lipinski definition) is 1. The Labute approximate surface area is 110 Å². The van der Waals surface area contributed by atoms with Crippen molar-refractivity contribution in [2.75, 3.05) is 0 Å². The molecule has 1 heterocycles. The van der Waals surface area contributed by atoms with Crippen LogP contribution in [0.2, 0.25) is 5.02 Å². The van der Waals surface area contributed by atoms with Gasteiger partial charge in [0.1, 0.15) is 17.3 Å². The lowest BCUT2D eigenvalue weighted by molar-refractivity contribution is 0.176. The molecule has 1 atom stereocenters. The molecule has 1 N–H and O–H groups in total. The van der Waals surface area contributed by atoms with Gasteiger partial charge in [-0.15, -0.1) is 0 Å². The molecule has 1 unspecified atom stereocenters. The number of rotatable bonds is 3. The van der Waals surface area contributed by atoms with E-state index in [0.29, 0.717) is 17.7 Å². The van der Waals surface area contributed by atoms with E-state index in [1.54, 1.807) is 19.1 Å². The van der Waals surface area contributed by atoms with Gasteiger partial charge in [0, 0.05) is 12.0 Å². The Morgan fingerprint density at radius 1 is 1.33 bits per heavy atom. The average Bonchev–Trinajstić information content (AvgIpc) is 2.63. The van der Waals surface area contributed by atoms with E-state index in [4.69, 9.17) is 16.0 Å². The first-order valence-electron chi connectivity index (χ1n) is 5.66. The van der Waals surface area contributed by atoms with Gasteiger partial charge >= 0.3 is 0 Å². The molecule has 0 radical (unpaired) electrons. The van der Waals surface area contributed by atoms with Crippen LogP contribution in [0.15, 0.2) is 28.7 Å². The Balaban J connectivity index is 2.18. The molecule has 18 heavy (non-hydrogen) atoms. The number of furan rings is 1. The number of aliphatic hydroxyl groups excluding tert-OH is 1. The topological polar surface area (TPSA) is 33.4 Å². The summed E-state index contributed by atoms with van der Waals surface area (Å²) in [6.07, 6.45) is -0.378. The third kappa shape index (κ3) is 2.74. The van der Waals surface area contributed by atoms with Crippen LogP contribution in [-0.2, 0) is 6.42 Å². The second-order valence-electron chi connectivity index (χ2n) is 4.34. The fraction of sp³-hybridized carbons (Fsp3) is 0.286. The van der Waals surface area contributed by atoms with Gasteiger partial charge in [-0.1, -0.05) is 17.7 Å². The number of halogens is 2. The molecule has 1 aromatic carbocycles. The van der Waals surface area contributed by atoms with Crippen molar-refractivity contribution in [3.05, 3.63) is 57.8 Å². The zero-order chi connectivity index (χ0) is 13.3. The first-order chi connectivity index (χ1) is 8.47. The lowest BCUT2D eigenvalue weighted by atomic mass is 10.0. The maximum atomic E-state index is 13.3.